The van der Waals surface area contributed by atoms with E-state index in [-0.39, 0.29) is 19.6 Å². The standard InChI is InChI=1S/C9H17NO5S/c1-4-15-8(11)5-6-10-9(12)7(2)16(3,13)14/h7H,4-6H2,1-3H3,(H,10,12). The number of hydrogen-bond donors (Lipinski definition) is 1. The van der Waals surface area contributed by atoms with Gasteiger partial charge in [0.15, 0.2) is 9.84 Å². The Hall–Kier alpha value is -1.11. The Kier molecular flexibility index (Phi) is 6.02. The summed E-state index contributed by atoms with van der Waals surface area (Å²) < 4.78 is 26.7. The fraction of sp³-hybridized carbons (Fsp3) is 0.778. The van der Waals surface area contributed by atoms with E-state index in [9.17, 15) is 18.0 Å². The van der Waals surface area contributed by atoms with E-state index in [1.807, 2.05) is 0 Å². The van der Waals surface area contributed by atoms with E-state index in [4.69, 9.17) is 0 Å². The summed E-state index contributed by atoms with van der Waals surface area (Å²) in [4.78, 5) is 22.2. The summed E-state index contributed by atoms with van der Waals surface area (Å²) in [6, 6.07) is 0. The first kappa shape index (κ1) is 14.9. The first-order chi connectivity index (χ1) is 7.29. The van der Waals surface area contributed by atoms with Gasteiger partial charge in [-0.05, 0) is 13.8 Å². The van der Waals surface area contributed by atoms with Crippen LogP contribution in [0.5, 0.6) is 0 Å². The van der Waals surface area contributed by atoms with E-state index in [2.05, 4.69) is 10.1 Å². The van der Waals surface area contributed by atoms with E-state index in [0.717, 1.165) is 6.26 Å². The van der Waals surface area contributed by atoms with E-state index >= 15 is 0 Å². The fourth-order valence-corrected chi connectivity index (χ4v) is 1.33. The second-order valence-corrected chi connectivity index (χ2v) is 5.68. The average Bonchev–Trinajstić information content (AvgIpc) is 2.15. The lowest BCUT2D eigenvalue weighted by Crippen LogP contribution is -2.38. The molecule has 1 unspecified atom stereocenters. The molecule has 0 aromatic heterocycles. The second-order valence-electron chi connectivity index (χ2n) is 3.32. The lowest BCUT2D eigenvalue weighted by molar-refractivity contribution is -0.143. The Labute approximate surface area is 95.3 Å². The first-order valence-electron chi connectivity index (χ1n) is 4.91. The molecule has 0 fully saturated rings. The number of carbonyl (C=O) groups is 2. The highest BCUT2D eigenvalue weighted by Gasteiger charge is 2.22. The van der Waals surface area contributed by atoms with Gasteiger partial charge in [0.25, 0.3) is 0 Å². The second kappa shape index (κ2) is 6.47. The van der Waals surface area contributed by atoms with Crippen LogP contribution in [0.15, 0.2) is 0 Å². The Balaban J connectivity index is 3.96. The van der Waals surface area contributed by atoms with Crippen molar-refractivity contribution in [2.45, 2.75) is 25.5 Å². The highest BCUT2D eigenvalue weighted by Crippen LogP contribution is 1.97. The van der Waals surface area contributed by atoms with Gasteiger partial charge < -0.3 is 10.1 Å². The van der Waals surface area contributed by atoms with Gasteiger partial charge in [0.05, 0.1) is 13.0 Å². The SMILES string of the molecule is CCOC(=O)CCNC(=O)C(C)S(C)(=O)=O. The third kappa shape index (κ3) is 5.69. The molecule has 7 heteroatoms. The van der Waals surface area contributed by atoms with Gasteiger partial charge in [-0.3, -0.25) is 9.59 Å². The molecule has 94 valence electrons. The van der Waals surface area contributed by atoms with Gasteiger partial charge in [-0.2, -0.15) is 0 Å². The molecule has 1 amide bonds. The van der Waals surface area contributed by atoms with Crippen molar-refractivity contribution >= 4 is 21.7 Å². The number of sulfone groups is 1. The van der Waals surface area contributed by atoms with E-state index in [1.54, 1.807) is 6.92 Å². The Morgan fingerprint density at radius 3 is 2.38 bits per heavy atom. The maximum atomic E-state index is 11.3. The maximum absolute atomic E-state index is 11.3. The van der Waals surface area contributed by atoms with Crippen molar-refractivity contribution in [3.05, 3.63) is 0 Å². The number of carbonyl (C=O) groups excluding carboxylic acids is 2. The van der Waals surface area contributed by atoms with Crippen molar-refractivity contribution in [2.24, 2.45) is 0 Å². The van der Waals surface area contributed by atoms with Crippen LogP contribution in [0.1, 0.15) is 20.3 Å². The Morgan fingerprint density at radius 2 is 1.94 bits per heavy atom. The molecule has 6 nitrogen and oxygen atoms in total. The number of nitrogens with one attached hydrogen (secondary N) is 1. The molecular weight excluding hydrogens is 234 g/mol. The van der Waals surface area contributed by atoms with Gasteiger partial charge in [-0.15, -0.1) is 0 Å². The fourth-order valence-electron chi connectivity index (χ4n) is 0.859. The Bertz CT molecular complexity index is 349. The summed E-state index contributed by atoms with van der Waals surface area (Å²) in [5, 5.41) is 1.26. The molecule has 0 radical (unpaired) electrons. The van der Waals surface area contributed by atoms with Crippen molar-refractivity contribution in [3.8, 4) is 0 Å². The zero-order valence-corrected chi connectivity index (χ0v) is 10.5. The topological polar surface area (TPSA) is 89.5 Å². The largest absolute Gasteiger partial charge is 0.466 e. The molecule has 0 aromatic carbocycles. The number of esters is 1. The zero-order valence-electron chi connectivity index (χ0n) is 9.65. The van der Waals surface area contributed by atoms with E-state index in [0.29, 0.717) is 0 Å². The van der Waals surface area contributed by atoms with Crippen LogP contribution >= 0.6 is 0 Å². The summed E-state index contributed by atoms with van der Waals surface area (Å²) in [6.07, 6.45) is 1.03. The number of hydrogen-bond acceptors (Lipinski definition) is 5. The highest BCUT2D eigenvalue weighted by molar-refractivity contribution is 7.92. The quantitative estimate of drug-likeness (QED) is 0.642. The molecule has 0 saturated heterocycles. The molecule has 0 aromatic rings. The number of amides is 1. The minimum atomic E-state index is -3.39. The third-order valence-electron chi connectivity index (χ3n) is 1.95. The van der Waals surface area contributed by atoms with Crippen molar-refractivity contribution in [1.82, 2.24) is 5.32 Å². The molecule has 0 aliphatic carbocycles. The monoisotopic (exact) mass is 251 g/mol. The molecule has 0 aliphatic heterocycles. The third-order valence-corrected chi connectivity index (χ3v) is 3.44. The van der Waals surface area contributed by atoms with Gasteiger partial charge in [0, 0.05) is 12.8 Å². The van der Waals surface area contributed by atoms with Crippen LogP contribution in [-0.4, -0.2) is 45.0 Å². The average molecular weight is 251 g/mol. The number of rotatable bonds is 6. The molecule has 1 atom stereocenters. The maximum Gasteiger partial charge on any atom is 0.307 e. The minimum absolute atomic E-state index is 0.0378. The van der Waals surface area contributed by atoms with Gasteiger partial charge in [0.2, 0.25) is 5.91 Å². The normalized spacial score (nSPS) is 12.9. The van der Waals surface area contributed by atoms with Crippen LogP contribution in [0.2, 0.25) is 0 Å². The van der Waals surface area contributed by atoms with Crippen molar-refractivity contribution < 1.29 is 22.7 Å². The van der Waals surface area contributed by atoms with Crippen molar-refractivity contribution in [3.63, 3.8) is 0 Å². The summed E-state index contributed by atoms with van der Waals surface area (Å²) in [5.74, 6) is -1.03. The van der Waals surface area contributed by atoms with Crippen LogP contribution in [0.25, 0.3) is 0 Å². The van der Waals surface area contributed by atoms with Crippen LogP contribution in [0, 0.1) is 0 Å². The molecule has 0 spiro atoms. The van der Waals surface area contributed by atoms with Crippen molar-refractivity contribution in [1.29, 1.82) is 0 Å². The van der Waals surface area contributed by atoms with Gasteiger partial charge in [0.1, 0.15) is 5.25 Å². The molecule has 0 heterocycles. The molecule has 0 saturated carbocycles. The van der Waals surface area contributed by atoms with Gasteiger partial charge in [-0.25, -0.2) is 8.42 Å². The van der Waals surface area contributed by atoms with Crippen LogP contribution < -0.4 is 5.32 Å². The molecule has 16 heavy (non-hydrogen) atoms. The Morgan fingerprint density at radius 1 is 1.38 bits per heavy atom. The van der Waals surface area contributed by atoms with Gasteiger partial charge in [-0.1, -0.05) is 0 Å². The summed E-state index contributed by atoms with van der Waals surface area (Å²) in [6.45, 7) is 3.35. The predicted octanol–water partition coefficient (Wildman–Crippen LogP) is -0.511. The van der Waals surface area contributed by atoms with E-state index in [1.165, 1.54) is 6.92 Å². The molecule has 1 N–H and O–H groups in total. The minimum Gasteiger partial charge on any atom is -0.466 e. The van der Waals surface area contributed by atoms with Gasteiger partial charge >= 0.3 is 5.97 Å². The lowest BCUT2D eigenvalue weighted by Gasteiger charge is -2.09. The molecule has 0 rings (SSSR count). The van der Waals surface area contributed by atoms with E-state index < -0.39 is 27.0 Å². The summed E-state index contributed by atoms with van der Waals surface area (Å²) in [7, 11) is -3.39. The number of ether oxygens (including phenoxy) is 1. The zero-order chi connectivity index (χ0) is 12.8. The molecule has 0 bridgehead atoms. The lowest BCUT2D eigenvalue weighted by atomic mass is 10.4. The summed E-state index contributed by atoms with van der Waals surface area (Å²) >= 11 is 0. The van der Waals surface area contributed by atoms with Crippen LogP contribution in [0.4, 0.5) is 0 Å². The van der Waals surface area contributed by atoms with Crippen LogP contribution in [0.3, 0.4) is 0 Å². The predicted molar refractivity (Wildman–Crippen MR) is 58.6 cm³/mol. The van der Waals surface area contributed by atoms with Crippen molar-refractivity contribution in [2.75, 3.05) is 19.4 Å². The molecular formula is C9H17NO5S. The van der Waals surface area contributed by atoms with Crippen LogP contribution in [-0.2, 0) is 24.2 Å². The molecule has 0 aliphatic rings. The highest BCUT2D eigenvalue weighted by atomic mass is 32.2. The summed E-state index contributed by atoms with van der Waals surface area (Å²) in [5.41, 5.74) is 0. The first-order valence-corrected chi connectivity index (χ1v) is 6.86. The smallest absolute Gasteiger partial charge is 0.307 e.